The van der Waals surface area contributed by atoms with Crippen LogP contribution in [-0.4, -0.2) is 44.6 Å². The van der Waals surface area contributed by atoms with Gasteiger partial charge >= 0.3 is 0 Å². The van der Waals surface area contributed by atoms with Crippen LogP contribution in [0.3, 0.4) is 0 Å². The van der Waals surface area contributed by atoms with Gasteiger partial charge in [0.15, 0.2) is 5.96 Å². The molecule has 0 saturated carbocycles. The molecule has 0 fully saturated rings. The van der Waals surface area contributed by atoms with Crippen LogP contribution in [0.2, 0.25) is 0 Å². The molecule has 1 unspecified atom stereocenters. The number of nitrogens with one attached hydrogen (secondary N) is 2. The monoisotopic (exact) mass is 392 g/mol. The van der Waals surface area contributed by atoms with Crippen LogP contribution in [0.5, 0.6) is 0 Å². The summed E-state index contributed by atoms with van der Waals surface area (Å²) in [5.41, 5.74) is 1.09. The van der Waals surface area contributed by atoms with E-state index in [2.05, 4.69) is 20.5 Å². The Labute approximate surface area is 136 Å². The van der Waals surface area contributed by atoms with Crippen LogP contribution in [0.25, 0.3) is 0 Å². The molecule has 1 aliphatic rings. The summed E-state index contributed by atoms with van der Waals surface area (Å²) < 4.78 is 13.0. The topological polar surface area (TPSA) is 39.7 Å². The number of guanidine groups is 1. The molecule has 2 rings (SSSR count). The molecule has 1 atom stereocenters. The van der Waals surface area contributed by atoms with Gasteiger partial charge in [0.2, 0.25) is 0 Å². The van der Waals surface area contributed by atoms with E-state index in [0.29, 0.717) is 0 Å². The van der Waals surface area contributed by atoms with E-state index in [1.54, 1.807) is 0 Å². The highest BCUT2D eigenvalue weighted by Crippen LogP contribution is 2.17. The summed E-state index contributed by atoms with van der Waals surface area (Å²) in [6, 6.07) is 6.85. The largest absolute Gasteiger partial charge is 0.356 e. The molecule has 0 bridgehead atoms. The van der Waals surface area contributed by atoms with Crippen LogP contribution in [0, 0.1) is 5.82 Å². The van der Waals surface area contributed by atoms with E-state index < -0.39 is 0 Å². The Balaban J connectivity index is 0.00000200. The van der Waals surface area contributed by atoms with Crippen LogP contribution < -0.4 is 10.6 Å². The van der Waals surface area contributed by atoms with Gasteiger partial charge in [-0.2, -0.15) is 0 Å². The molecule has 0 spiro atoms. The average Bonchev–Trinajstić information content (AvgIpc) is 2.42. The quantitative estimate of drug-likeness (QED) is 0.771. The fraction of sp³-hybridized carbons (Fsp3) is 0.500. The van der Waals surface area contributed by atoms with Crippen molar-refractivity contribution in [3.63, 3.8) is 0 Å². The lowest BCUT2D eigenvalue weighted by Crippen LogP contribution is -2.44. The molecule has 1 aliphatic heterocycles. The first kappa shape index (κ1) is 17.2. The van der Waals surface area contributed by atoms with E-state index >= 15 is 0 Å². The van der Waals surface area contributed by atoms with E-state index in [9.17, 15) is 4.39 Å². The molecule has 4 nitrogen and oxygen atoms in total. The Morgan fingerprint density at radius 3 is 2.60 bits per heavy atom. The maximum atomic E-state index is 13.0. The van der Waals surface area contributed by atoms with E-state index in [-0.39, 0.29) is 35.8 Å². The summed E-state index contributed by atoms with van der Waals surface area (Å²) in [6.07, 6.45) is 1.08. The van der Waals surface area contributed by atoms with Gasteiger partial charge in [-0.25, -0.2) is 4.39 Å². The van der Waals surface area contributed by atoms with E-state index in [1.807, 2.05) is 26.2 Å². The molecule has 0 saturated heterocycles. The molecular formula is C14H22FIN4. The third-order valence-electron chi connectivity index (χ3n) is 3.24. The smallest absolute Gasteiger partial charge is 0.191 e. The molecule has 1 aromatic rings. The Bertz CT molecular complexity index is 433. The van der Waals surface area contributed by atoms with Crippen molar-refractivity contribution in [1.82, 2.24) is 15.5 Å². The summed E-state index contributed by atoms with van der Waals surface area (Å²) in [7, 11) is 4.04. The summed E-state index contributed by atoms with van der Waals surface area (Å²) >= 11 is 0. The molecule has 0 aromatic heterocycles. The van der Waals surface area contributed by atoms with Crippen molar-refractivity contribution >= 4 is 29.9 Å². The third kappa shape index (κ3) is 4.90. The summed E-state index contributed by atoms with van der Waals surface area (Å²) in [5, 5.41) is 6.55. The van der Waals surface area contributed by atoms with Gasteiger partial charge in [0.25, 0.3) is 0 Å². The minimum Gasteiger partial charge on any atom is -0.356 e. The molecular weight excluding hydrogens is 370 g/mol. The van der Waals surface area contributed by atoms with Gasteiger partial charge in [0.1, 0.15) is 5.82 Å². The van der Waals surface area contributed by atoms with Crippen molar-refractivity contribution in [2.45, 2.75) is 12.5 Å². The molecule has 0 aliphatic carbocycles. The van der Waals surface area contributed by atoms with Crippen molar-refractivity contribution in [3.05, 3.63) is 35.6 Å². The first-order valence-corrected chi connectivity index (χ1v) is 6.61. The van der Waals surface area contributed by atoms with E-state index in [4.69, 9.17) is 0 Å². The fourth-order valence-electron chi connectivity index (χ4n) is 2.13. The molecule has 0 amide bonds. The number of benzene rings is 1. The number of likely N-dealkylation sites (N-methyl/N-ethyl adjacent to an activating group) is 1. The lowest BCUT2D eigenvalue weighted by molar-refractivity contribution is 0.297. The molecule has 2 N–H and O–H groups in total. The Morgan fingerprint density at radius 1 is 1.35 bits per heavy atom. The Kier molecular flexibility index (Phi) is 7.22. The molecule has 0 radical (unpaired) electrons. The van der Waals surface area contributed by atoms with Gasteiger partial charge in [-0.15, -0.1) is 24.0 Å². The van der Waals surface area contributed by atoms with Crippen LogP contribution in [0.15, 0.2) is 29.3 Å². The summed E-state index contributed by atoms with van der Waals surface area (Å²) in [4.78, 5) is 6.50. The third-order valence-corrected chi connectivity index (χ3v) is 3.24. The van der Waals surface area contributed by atoms with Crippen LogP contribution in [0.4, 0.5) is 4.39 Å². The zero-order valence-electron chi connectivity index (χ0n) is 11.9. The molecule has 112 valence electrons. The van der Waals surface area contributed by atoms with Gasteiger partial charge in [-0.05, 0) is 38.2 Å². The predicted octanol–water partition coefficient (Wildman–Crippen LogP) is 1.99. The summed E-state index contributed by atoms with van der Waals surface area (Å²) in [5.74, 6) is 0.660. The second kappa shape index (κ2) is 8.41. The summed E-state index contributed by atoms with van der Waals surface area (Å²) in [6.45, 7) is 2.58. The highest BCUT2D eigenvalue weighted by atomic mass is 127. The van der Waals surface area contributed by atoms with Gasteiger partial charge in [0, 0.05) is 19.6 Å². The Hall–Kier alpha value is -0.890. The van der Waals surface area contributed by atoms with Crippen molar-refractivity contribution < 1.29 is 4.39 Å². The number of halogens is 2. The number of rotatable bonds is 4. The van der Waals surface area contributed by atoms with Crippen LogP contribution >= 0.6 is 24.0 Å². The highest BCUT2D eigenvalue weighted by Gasteiger charge is 2.15. The number of hydrogen-bond acceptors (Lipinski definition) is 4. The minimum absolute atomic E-state index is 0. The zero-order chi connectivity index (χ0) is 13.7. The predicted molar refractivity (Wildman–Crippen MR) is 91.2 cm³/mol. The van der Waals surface area contributed by atoms with Crippen molar-refractivity contribution in [2.24, 2.45) is 4.99 Å². The maximum Gasteiger partial charge on any atom is 0.191 e. The molecule has 6 heteroatoms. The van der Waals surface area contributed by atoms with Gasteiger partial charge in [-0.3, -0.25) is 4.99 Å². The van der Waals surface area contributed by atoms with Crippen LogP contribution in [0.1, 0.15) is 18.0 Å². The molecule has 1 aromatic carbocycles. The second-order valence-corrected chi connectivity index (χ2v) is 4.92. The van der Waals surface area contributed by atoms with Crippen molar-refractivity contribution in [2.75, 3.05) is 33.7 Å². The van der Waals surface area contributed by atoms with Gasteiger partial charge in [0.05, 0.1) is 6.04 Å². The van der Waals surface area contributed by atoms with Crippen LogP contribution in [-0.2, 0) is 0 Å². The first-order chi connectivity index (χ1) is 9.16. The zero-order valence-corrected chi connectivity index (χ0v) is 14.2. The average molecular weight is 392 g/mol. The lowest BCUT2D eigenvalue weighted by atomic mass is 10.1. The van der Waals surface area contributed by atoms with E-state index in [0.717, 1.165) is 37.6 Å². The lowest BCUT2D eigenvalue weighted by Gasteiger charge is -2.26. The van der Waals surface area contributed by atoms with Gasteiger partial charge in [-0.1, -0.05) is 12.1 Å². The first-order valence-electron chi connectivity index (χ1n) is 6.61. The highest BCUT2D eigenvalue weighted by molar-refractivity contribution is 14.0. The van der Waals surface area contributed by atoms with Gasteiger partial charge < -0.3 is 15.5 Å². The fourth-order valence-corrected chi connectivity index (χ4v) is 2.13. The molecule has 20 heavy (non-hydrogen) atoms. The number of hydrogen-bond donors (Lipinski definition) is 2. The molecule has 1 heterocycles. The Morgan fingerprint density at radius 2 is 2.05 bits per heavy atom. The van der Waals surface area contributed by atoms with Crippen molar-refractivity contribution in [1.29, 1.82) is 0 Å². The van der Waals surface area contributed by atoms with E-state index in [1.165, 1.54) is 12.1 Å². The SMILES string of the molecule is CN(C)C(CNC1=NCCCN1)c1ccc(F)cc1.I. The number of nitrogens with zero attached hydrogens (tertiary/aromatic N) is 2. The standard InChI is InChI=1S/C14H21FN4.HI/c1-19(2)13(11-4-6-12(15)7-5-11)10-18-14-16-8-3-9-17-14;/h4-7,13H,3,8-10H2,1-2H3,(H2,16,17,18);1H. The minimum atomic E-state index is -0.201. The number of aliphatic imine (C=N–C) groups is 1. The second-order valence-electron chi connectivity index (χ2n) is 4.92. The van der Waals surface area contributed by atoms with Crippen molar-refractivity contribution in [3.8, 4) is 0 Å². The normalized spacial score (nSPS) is 15.9. The maximum absolute atomic E-state index is 13.0.